The summed E-state index contributed by atoms with van der Waals surface area (Å²) in [6.45, 7) is 0.813. The molecule has 0 radical (unpaired) electrons. The number of fused-ring (bicyclic) bond motifs is 2. The average Bonchev–Trinajstić information content (AvgIpc) is 2.89. The van der Waals surface area contributed by atoms with Crippen molar-refractivity contribution >= 4 is 0 Å². The second-order valence-electron chi connectivity index (χ2n) is 4.79. The monoisotopic (exact) mass is 202 g/mol. The van der Waals surface area contributed by atoms with Crippen LogP contribution < -0.4 is 11.1 Å². The number of hydrogen-bond donors (Lipinski definition) is 2. The zero-order valence-corrected chi connectivity index (χ0v) is 8.89. The van der Waals surface area contributed by atoms with Crippen LogP contribution in [0.1, 0.15) is 24.3 Å². The molecule has 2 aliphatic heterocycles. The maximum atomic E-state index is 5.91. The fourth-order valence-corrected chi connectivity index (χ4v) is 3.44. The van der Waals surface area contributed by atoms with Crippen LogP contribution in [-0.2, 0) is 0 Å². The van der Waals surface area contributed by atoms with Gasteiger partial charge in [-0.3, -0.25) is 0 Å². The molecular formula is C13H18N2. The number of hydrogen-bond acceptors (Lipinski definition) is 2. The molecule has 2 aliphatic rings. The molecule has 0 aliphatic carbocycles. The van der Waals surface area contributed by atoms with Crippen LogP contribution in [0.25, 0.3) is 0 Å². The Balaban J connectivity index is 1.92. The standard InChI is InChI=1S/C13H18N2/c14-8-10-11-6-7-12(15-11)13(10)9-4-2-1-3-5-9/h1-5,10-13,15H,6-8,14H2. The van der Waals surface area contributed by atoms with Crippen LogP contribution in [0.5, 0.6) is 0 Å². The van der Waals surface area contributed by atoms with Gasteiger partial charge < -0.3 is 11.1 Å². The molecule has 3 rings (SSSR count). The van der Waals surface area contributed by atoms with E-state index in [1.807, 2.05) is 0 Å². The normalized spacial score (nSPS) is 38.5. The van der Waals surface area contributed by atoms with Crippen molar-refractivity contribution < 1.29 is 0 Å². The van der Waals surface area contributed by atoms with Gasteiger partial charge in [0.2, 0.25) is 0 Å². The van der Waals surface area contributed by atoms with Gasteiger partial charge in [0, 0.05) is 18.0 Å². The molecule has 1 aromatic carbocycles. The highest BCUT2D eigenvalue weighted by Gasteiger charge is 2.46. The third-order valence-corrected chi connectivity index (χ3v) is 4.09. The SMILES string of the molecule is NCC1C2CCC(N2)C1c1ccccc1. The van der Waals surface area contributed by atoms with Crippen molar-refractivity contribution in [2.24, 2.45) is 11.7 Å². The van der Waals surface area contributed by atoms with E-state index in [1.54, 1.807) is 0 Å². The molecule has 3 N–H and O–H groups in total. The van der Waals surface area contributed by atoms with Gasteiger partial charge in [-0.15, -0.1) is 0 Å². The summed E-state index contributed by atoms with van der Waals surface area (Å²) in [6.07, 6.45) is 2.64. The van der Waals surface area contributed by atoms with Crippen molar-refractivity contribution in [2.45, 2.75) is 30.8 Å². The summed E-state index contributed by atoms with van der Waals surface area (Å²) in [6, 6.07) is 12.2. The highest BCUT2D eigenvalue weighted by molar-refractivity contribution is 5.27. The lowest BCUT2D eigenvalue weighted by atomic mass is 9.75. The van der Waals surface area contributed by atoms with E-state index >= 15 is 0 Å². The van der Waals surface area contributed by atoms with Gasteiger partial charge in [-0.1, -0.05) is 30.3 Å². The maximum Gasteiger partial charge on any atom is 0.0143 e. The lowest BCUT2D eigenvalue weighted by molar-refractivity contribution is 0.365. The van der Waals surface area contributed by atoms with Gasteiger partial charge in [0.25, 0.3) is 0 Å². The van der Waals surface area contributed by atoms with Gasteiger partial charge in [0.1, 0.15) is 0 Å². The molecule has 2 fully saturated rings. The Hall–Kier alpha value is -0.860. The van der Waals surface area contributed by atoms with Crippen LogP contribution in [0.3, 0.4) is 0 Å². The minimum Gasteiger partial charge on any atom is -0.330 e. The van der Waals surface area contributed by atoms with E-state index in [-0.39, 0.29) is 0 Å². The Morgan fingerprint density at radius 3 is 2.60 bits per heavy atom. The lowest BCUT2D eigenvalue weighted by Crippen LogP contribution is -2.31. The van der Waals surface area contributed by atoms with Gasteiger partial charge in [-0.05, 0) is 30.9 Å². The Morgan fingerprint density at radius 2 is 1.87 bits per heavy atom. The predicted molar refractivity (Wildman–Crippen MR) is 61.7 cm³/mol. The van der Waals surface area contributed by atoms with Crippen LogP contribution in [0.15, 0.2) is 30.3 Å². The minimum atomic E-state index is 0.645. The van der Waals surface area contributed by atoms with E-state index in [1.165, 1.54) is 18.4 Å². The largest absolute Gasteiger partial charge is 0.330 e. The van der Waals surface area contributed by atoms with E-state index in [0.29, 0.717) is 23.9 Å². The van der Waals surface area contributed by atoms with Gasteiger partial charge >= 0.3 is 0 Å². The molecule has 2 nitrogen and oxygen atoms in total. The van der Waals surface area contributed by atoms with Crippen molar-refractivity contribution in [3.63, 3.8) is 0 Å². The van der Waals surface area contributed by atoms with E-state index in [9.17, 15) is 0 Å². The zero-order valence-electron chi connectivity index (χ0n) is 8.89. The fourth-order valence-electron chi connectivity index (χ4n) is 3.44. The Labute approximate surface area is 90.9 Å². The summed E-state index contributed by atoms with van der Waals surface area (Å²) in [4.78, 5) is 0. The molecule has 15 heavy (non-hydrogen) atoms. The molecule has 4 unspecified atom stereocenters. The fraction of sp³-hybridized carbons (Fsp3) is 0.538. The number of rotatable bonds is 2. The van der Waals surface area contributed by atoms with Crippen molar-refractivity contribution in [3.8, 4) is 0 Å². The molecule has 0 aromatic heterocycles. The zero-order chi connectivity index (χ0) is 10.3. The lowest BCUT2D eigenvalue weighted by Gasteiger charge is -2.28. The summed E-state index contributed by atoms with van der Waals surface area (Å²) in [5, 5.41) is 3.70. The van der Waals surface area contributed by atoms with Crippen LogP contribution in [0.2, 0.25) is 0 Å². The van der Waals surface area contributed by atoms with Gasteiger partial charge in [-0.2, -0.15) is 0 Å². The molecule has 0 saturated carbocycles. The van der Waals surface area contributed by atoms with Crippen molar-refractivity contribution in [1.82, 2.24) is 5.32 Å². The van der Waals surface area contributed by atoms with Crippen LogP contribution in [-0.4, -0.2) is 18.6 Å². The van der Waals surface area contributed by atoms with Crippen molar-refractivity contribution in [1.29, 1.82) is 0 Å². The molecule has 2 heteroatoms. The molecule has 1 aromatic rings. The third kappa shape index (κ3) is 1.40. The minimum absolute atomic E-state index is 0.645. The summed E-state index contributed by atoms with van der Waals surface area (Å²) in [5.74, 6) is 1.29. The Kier molecular flexibility index (Phi) is 2.26. The van der Waals surface area contributed by atoms with E-state index in [4.69, 9.17) is 5.73 Å². The predicted octanol–water partition coefficient (Wildman–Crippen LogP) is 1.48. The summed E-state index contributed by atoms with van der Waals surface area (Å²) in [5.41, 5.74) is 7.37. The molecule has 80 valence electrons. The summed E-state index contributed by atoms with van der Waals surface area (Å²) in [7, 11) is 0. The van der Waals surface area contributed by atoms with Crippen molar-refractivity contribution in [3.05, 3.63) is 35.9 Å². The summed E-state index contributed by atoms with van der Waals surface area (Å²) >= 11 is 0. The molecule has 2 heterocycles. The van der Waals surface area contributed by atoms with E-state index in [0.717, 1.165) is 6.54 Å². The van der Waals surface area contributed by atoms with Gasteiger partial charge in [-0.25, -0.2) is 0 Å². The smallest absolute Gasteiger partial charge is 0.0143 e. The van der Waals surface area contributed by atoms with E-state index in [2.05, 4.69) is 35.6 Å². The van der Waals surface area contributed by atoms with Crippen LogP contribution in [0.4, 0.5) is 0 Å². The molecule has 0 spiro atoms. The number of nitrogens with one attached hydrogen (secondary N) is 1. The first kappa shape index (κ1) is 9.37. The first-order valence-corrected chi connectivity index (χ1v) is 5.91. The van der Waals surface area contributed by atoms with Crippen molar-refractivity contribution in [2.75, 3.05) is 6.54 Å². The summed E-state index contributed by atoms with van der Waals surface area (Å²) < 4.78 is 0. The molecule has 4 atom stereocenters. The highest BCUT2D eigenvalue weighted by Crippen LogP contribution is 2.43. The number of benzene rings is 1. The van der Waals surface area contributed by atoms with Crippen LogP contribution >= 0.6 is 0 Å². The van der Waals surface area contributed by atoms with Gasteiger partial charge in [0.15, 0.2) is 0 Å². The molecule has 0 amide bonds. The second kappa shape index (κ2) is 3.62. The topological polar surface area (TPSA) is 38.0 Å². The number of nitrogens with two attached hydrogens (primary N) is 1. The average molecular weight is 202 g/mol. The Morgan fingerprint density at radius 1 is 1.13 bits per heavy atom. The van der Waals surface area contributed by atoms with E-state index < -0.39 is 0 Å². The quantitative estimate of drug-likeness (QED) is 0.762. The molecule has 2 bridgehead atoms. The Bertz CT molecular complexity index is 336. The first-order valence-electron chi connectivity index (χ1n) is 5.91. The first-order chi connectivity index (χ1) is 7.40. The van der Waals surface area contributed by atoms with Crippen LogP contribution in [0, 0.1) is 5.92 Å². The molecular weight excluding hydrogens is 184 g/mol. The highest BCUT2D eigenvalue weighted by atomic mass is 15.1. The third-order valence-electron chi connectivity index (χ3n) is 4.09. The molecule has 2 saturated heterocycles. The maximum absolute atomic E-state index is 5.91. The van der Waals surface area contributed by atoms with Gasteiger partial charge in [0.05, 0.1) is 0 Å². The second-order valence-corrected chi connectivity index (χ2v) is 4.79.